The molecular formula is C26H23BrO6. The maximum absolute atomic E-state index is 12.3. The number of esters is 2. The van der Waals surface area contributed by atoms with Gasteiger partial charge in [0, 0.05) is 6.61 Å². The minimum absolute atomic E-state index is 0.0480. The molecule has 1 aliphatic rings. The molecule has 1 fully saturated rings. The minimum Gasteiger partial charge on any atom is -0.481 e. The number of carbonyl (C=O) groups is 2. The number of ether oxygens (including phenoxy) is 4. The fraction of sp³-hybridized carbons (Fsp3) is 0.231. The number of rotatable bonds is 8. The van der Waals surface area contributed by atoms with Crippen LogP contribution in [0.2, 0.25) is 0 Å². The molecule has 3 aromatic carbocycles. The van der Waals surface area contributed by atoms with Gasteiger partial charge in [-0.3, -0.25) is 0 Å². The van der Waals surface area contributed by atoms with E-state index in [-0.39, 0.29) is 25.1 Å². The molecule has 0 amide bonds. The number of hydrogen-bond donors (Lipinski definition) is 0. The number of carbonyl (C=O) groups excluding carboxylic acids is 2. The molecule has 0 spiro atoms. The predicted molar refractivity (Wildman–Crippen MR) is 126 cm³/mol. The standard InChI is InChI=1S/C26H23BrO6/c27-23-15-19(18-6-2-1-3-7-18)11-12-24(23)31-17-25(28)33-21-9-4-8-20(14-21)26(29)32-16-22-10-5-13-30-22/h1-4,6-9,11-12,14-15,22H,5,10,13,16-17H2. The van der Waals surface area contributed by atoms with Gasteiger partial charge in [-0.1, -0.05) is 42.5 Å². The Morgan fingerprint density at radius 3 is 2.58 bits per heavy atom. The lowest BCUT2D eigenvalue weighted by molar-refractivity contribution is -0.136. The quantitative estimate of drug-likeness (QED) is 0.297. The molecule has 1 heterocycles. The van der Waals surface area contributed by atoms with E-state index in [1.165, 1.54) is 6.07 Å². The van der Waals surface area contributed by atoms with Crippen molar-refractivity contribution in [2.75, 3.05) is 19.8 Å². The first-order valence-electron chi connectivity index (χ1n) is 10.7. The van der Waals surface area contributed by atoms with E-state index in [1.807, 2.05) is 42.5 Å². The highest BCUT2D eigenvalue weighted by Crippen LogP contribution is 2.30. The lowest BCUT2D eigenvalue weighted by atomic mass is 10.1. The van der Waals surface area contributed by atoms with Crippen LogP contribution in [0.15, 0.2) is 77.3 Å². The normalized spacial score (nSPS) is 15.1. The summed E-state index contributed by atoms with van der Waals surface area (Å²) in [6.45, 7) is 0.634. The highest BCUT2D eigenvalue weighted by Gasteiger charge is 2.18. The fourth-order valence-electron chi connectivity index (χ4n) is 3.44. The molecule has 0 radical (unpaired) electrons. The molecule has 0 saturated carbocycles. The van der Waals surface area contributed by atoms with Crippen LogP contribution in [0.25, 0.3) is 11.1 Å². The molecule has 0 bridgehead atoms. The van der Waals surface area contributed by atoms with Gasteiger partial charge in [-0.25, -0.2) is 9.59 Å². The van der Waals surface area contributed by atoms with Crippen LogP contribution in [0.5, 0.6) is 11.5 Å². The summed E-state index contributed by atoms with van der Waals surface area (Å²) in [6.07, 6.45) is 1.81. The third-order valence-electron chi connectivity index (χ3n) is 5.11. The zero-order valence-corrected chi connectivity index (χ0v) is 19.5. The van der Waals surface area contributed by atoms with Crippen LogP contribution in [-0.4, -0.2) is 37.9 Å². The van der Waals surface area contributed by atoms with Gasteiger partial charge in [0.15, 0.2) is 6.61 Å². The number of hydrogen-bond acceptors (Lipinski definition) is 6. The molecule has 0 N–H and O–H groups in total. The van der Waals surface area contributed by atoms with E-state index in [1.54, 1.807) is 24.3 Å². The summed E-state index contributed by atoms with van der Waals surface area (Å²) in [4.78, 5) is 24.5. The summed E-state index contributed by atoms with van der Waals surface area (Å²) in [5, 5.41) is 0. The first kappa shape index (κ1) is 23.0. The van der Waals surface area contributed by atoms with E-state index in [2.05, 4.69) is 15.9 Å². The molecule has 1 aliphatic heterocycles. The van der Waals surface area contributed by atoms with Crippen molar-refractivity contribution >= 4 is 27.9 Å². The van der Waals surface area contributed by atoms with Gasteiger partial charge >= 0.3 is 11.9 Å². The monoisotopic (exact) mass is 510 g/mol. The van der Waals surface area contributed by atoms with Crippen molar-refractivity contribution < 1.29 is 28.5 Å². The van der Waals surface area contributed by atoms with Crippen molar-refractivity contribution in [3.63, 3.8) is 0 Å². The zero-order chi connectivity index (χ0) is 23.0. The molecule has 1 saturated heterocycles. The average molecular weight is 511 g/mol. The summed E-state index contributed by atoms with van der Waals surface area (Å²) in [5.41, 5.74) is 2.41. The van der Waals surface area contributed by atoms with Crippen molar-refractivity contribution in [2.45, 2.75) is 18.9 Å². The van der Waals surface area contributed by atoms with Crippen LogP contribution in [0, 0.1) is 0 Å². The zero-order valence-electron chi connectivity index (χ0n) is 17.9. The Bertz CT molecular complexity index is 1110. The van der Waals surface area contributed by atoms with Crippen LogP contribution in [0.4, 0.5) is 0 Å². The van der Waals surface area contributed by atoms with Crippen molar-refractivity contribution in [3.8, 4) is 22.6 Å². The van der Waals surface area contributed by atoms with Gasteiger partial charge in [0.05, 0.1) is 16.1 Å². The van der Waals surface area contributed by atoms with Crippen LogP contribution in [-0.2, 0) is 14.3 Å². The SMILES string of the molecule is O=C(COc1ccc(-c2ccccc2)cc1Br)Oc1cccc(C(=O)OCC2CCCO2)c1. The Balaban J connectivity index is 1.30. The molecule has 170 valence electrons. The van der Waals surface area contributed by atoms with E-state index in [9.17, 15) is 9.59 Å². The Hall–Kier alpha value is -3.16. The number of halogens is 1. The van der Waals surface area contributed by atoms with Crippen molar-refractivity contribution in [1.29, 1.82) is 0 Å². The second-order valence-electron chi connectivity index (χ2n) is 7.54. The third kappa shape index (κ3) is 6.43. The third-order valence-corrected chi connectivity index (χ3v) is 5.73. The van der Waals surface area contributed by atoms with Gasteiger partial charge in [0.2, 0.25) is 0 Å². The maximum Gasteiger partial charge on any atom is 0.349 e. The lowest BCUT2D eigenvalue weighted by Crippen LogP contribution is -2.19. The summed E-state index contributed by atoms with van der Waals surface area (Å²) in [7, 11) is 0. The highest BCUT2D eigenvalue weighted by atomic mass is 79.9. The summed E-state index contributed by atoms with van der Waals surface area (Å²) >= 11 is 3.49. The average Bonchev–Trinajstić information content (AvgIpc) is 3.36. The molecule has 1 unspecified atom stereocenters. The van der Waals surface area contributed by atoms with Crippen molar-refractivity contribution in [1.82, 2.24) is 0 Å². The van der Waals surface area contributed by atoms with Crippen molar-refractivity contribution in [3.05, 3.63) is 82.8 Å². The van der Waals surface area contributed by atoms with Gasteiger partial charge in [0.25, 0.3) is 0 Å². The summed E-state index contributed by atoms with van der Waals surface area (Å²) < 4.78 is 22.4. The van der Waals surface area contributed by atoms with E-state index in [0.29, 0.717) is 17.9 Å². The van der Waals surface area contributed by atoms with Gasteiger partial charge in [-0.2, -0.15) is 0 Å². The van der Waals surface area contributed by atoms with E-state index >= 15 is 0 Å². The first-order chi connectivity index (χ1) is 16.1. The second kappa shape index (κ2) is 11.1. The molecule has 3 aromatic rings. The molecule has 0 aliphatic carbocycles. The molecule has 6 nitrogen and oxygen atoms in total. The first-order valence-corrected chi connectivity index (χ1v) is 11.4. The van der Waals surface area contributed by atoms with E-state index in [0.717, 1.165) is 28.4 Å². The van der Waals surface area contributed by atoms with E-state index in [4.69, 9.17) is 18.9 Å². The minimum atomic E-state index is -0.584. The molecule has 33 heavy (non-hydrogen) atoms. The topological polar surface area (TPSA) is 71.1 Å². The van der Waals surface area contributed by atoms with Crippen molar-refractivity contribution in [2.24, 2.45) is 0 Å². The van der Waals surface area contributed by atoms with Crippen LogP contribution < -0.4 is 9.47 Å². The molecule has 4 rings (SSSR count). The largest absolute Gasteiger partial charge is 0.481 e. The summed E-state index contributed by atoms with van der Waals surface area (Å²) in [6, 6.07) is 21.9. The second-order valence-corrected chi connectivity index (χ2v) is 8.39. The Morgan fingerprint density at radius 1 is 0.970 bits per heavy atom. The van der Waals surface area contributed by atoms with Gasteiger partial charge in [-0.15, -0.1) is 0 Å². The molecule has 7 heteroatoms. The molecular weight excluding hydrogens is 488 g/mol. The number of benzene rings is 3. The van der Waals surface area contributed by atoms with Crippen LogP contribution >= 0.6 is 15.9 Å². The summed E-state index contributed by atoms with van der Waals surface area (Å²) in [5.74, 6) is -0.298. The molecule has 0 aromatic heterocycles. The Labute approximate surface area is 200 Å². The Kier molecular flexibility index (Phi) is 7.75. The van der Waals surface area contributed by atoms with E-state index < -0.39 is 11.9 Å². The predicted octanol–water partition coefficient (Wildman–Crippen LogP) is 5.44. The maximum atomic E-state index is 12.3. The van der Waals surface area contributed by atoms with Gasteiger partial charge < -0.3 is 18.9 Å². The highest BCUT2D eigenvalue weighted by molar-refractivity contribution is 9.10. The van der Waals surface area contributed by atoms with Gasteiger partial charge in [-0.05, 0) is 70.2 Å². The smallest absolute Gasteiger partial charge is 0.349 e. The lowest BCUT2D eigenvalue weighted by Gasteiger charge is -2.11. The van der Waals surface area contributed by atoms with Crippen LogP contribution in [0.1, 0.15) is 23.2 Å². The van der Waals surface area contributed by atoms with Crippen LogP contribution in [0.3, 0.4) is 0 Å². The Morgan fingerprint density at radius 2 is 1.82 bits per heavy atom. The molecule has 1 atom stereocenters. The van der Waals surface area contributed by atoms with Gasteiger partial charge in [0.1, 0.15) is 18.1 Å². The fourth-order valence-corrected chi connectivity index (χ4v) is 3.93.